The maximum atomic E-state index is 8.55. The summed E-state index contributed by atoms with van der Waals surface area (Å²) in [4.78, 5) is 25.6. The van der Waals surface area contributed by atoms with Gasteiger partial charge in [0.1, 0.15) is 0 Å². The Balaban J connectivity index is -0.00000000800. The summed E-state index contributed by atoms with van der Waals surface area (Å²) in [6, 6.07) is 0. The first-order valence-corrected chi connectivity index (χ1v) is 2.19. The van der Waals surface area contributed by atoms with Crippen LogP contribution in [0.3, 0.4) is 0 Å². The van der Waals surface area contributed by atoms with Crippen LogP contribution in [0.4, 0.5) is 0 Å². The zero-order valence-corrected chi connectivity index (χ0v) is 6.43. The molecule has 0 heterocycles. The maximum absolute atomic E-state index is 8.55. The van der Waals surface area contributed by atoms with Crippen LogP contribution in [0.1, 0.15) is 0 Å². The van der Waals surface area contributed by atoms with Gasteiger partial charge in [0.05, 0.1) is 0 Å². The smallest absolute Gasteiger partial charge is 0.822 e. The number of phosphoric acid groups is 1. The second-order valence-electron chi connectivity index (χ2n) is 0.447. The van der Waals surface area contributed by atoms with Crippen LogP contribution in [0, 0.1) is 0 Å². The van der Waals surface area contributed by atoms with Crippen molar-refractivity contribution < 1.29 is 58.2 Å². The van der Waals surface area contributed by atoms with Crippen molar-refractivity contribution in [3.63, 3.8) is 0 Å². The van der Waals surface area contributed by atoms with Gasteiger partial charge in [0.2, 0.25) is 0 Å². The maximum Gasteiger partial charge on any atom is 2.00 e. The summed E-state index contributed by atoms with van der Waals surface area (Å²) in [7, 11) is -5.39. The van der Waals surface area contributed by atoms with Crippen LogP contribution in [-0.4, -0.2) is 21.9 Å². The minimum atomic E-state index is -5.39. The van der Waals surface area contributed by atoms with E-state index in [-0.39, 0.29) is 39.0 Å². The van der Waals surface area contributed by atoms with E-state index in [1.165, 1.54) is 0 Å². The second kappa shape index (κ2) is 16.2. The predicted molar refractivity (Wildman–Crippen MR) is 22.1 cm³/mol. The molecular formula is H8FeO8P-. The van der Waals surface area contributed by atoms with Gasteiger partial charge in [-0.2, -0.15) is 7.82 Å². The van der Waals surface area contributed by atoms with E-state index < -0.39 is 7.82 Å². The van der Waals surface area contributed by atoms with E-state index in [2.05, 4.69) is 0 Å². The van der Waals surface area contributed by atoms with Crippen molar-refractivity contribution in [2.24, 2.45) is 0 Å². The largest absolute Gasteiger partial charge is 2.00 e. The Bertz CT molecular complexity index is 55.4. The molecular weight excluding hydrogens is 215 g/mol. The zero-order valence-electron chi connectivity index (χ0n) is 4.43. The standard InChI is InChI=1S/Fe.H3O4P.4H2O/c;1-5(2,3)4;;;;/h;(H3,1,2,3,4);4*1H2/q+2;;;;;/p-3. The van der Waals surface area contributed by atoms with Gasteiger partial charge in [-0.3, -0.25) is 0 Å². The van der Waals surface area contributed by atoms with Gasteiger partial charge in [0, 0.05) is 0 Å². The third kappa shape index (κ3) is 2140. The molecule has 0 fully saturated rings. The fourth-order valence-electron chi connectivity index (χ4n) is 0. The molecule has 0 aliphatic carbocycles. The first-order chi connectivity index (χ1) is 2.00. The molecule has 0 saturated carbocycles. The topological polar surface area (TPSA) is 212 Å². The van der Waals surface area contributed by atoms with E-state index in [1.807, 2.05) is 0 Å². The molecule has 0 spiro atoms. The molecule has 0 aliphatic heterocycles. The van der Waals surface area contributed by atoms with Gasteiger partial charge in [0.25, 0.3) is 0 Å². The van der Waals surface area contributed by atoms with E-state index in [1.54, 1.807) is 0 Å². The van der Waals surface area contributed by atoms with E-state index >= 15 is 0 Å². The Morgan fingerprint density at radius 1 is 0.800 bits per heavy atom. The molecule has 8 nitrogen and oxygen atoms in total. The third-order valence-corrected chi connectivity index (χ3v) is 0. The number of hydrogen-bond donors (Lipinski definition) is 0. The molecule has 0 amide bonds. The molecule has 0 aromatic carbocycles. The fraction of sp³-hybridized carbons (Fsp3) is 0. The zero-order chi connectivity index (χ0) is 4.50. The van der Waals surface area contributed by atoms with Crippen molar-refractivity contribution in [2.75, 3.05) is 0 Å². The van der Waals surface area contributed by atoms with Crippen molar-refractivity contribution in [2.45, 2.75) is 0 Å². The van der Waals surface area contributed by atoms with Crippen LogP contribution in [0.2, 0.25) is 0 Å². The third-order valence-electron chi connectivity index (χ3n) is 0. The monoisotopic (exact) mass is 223 g/mol. The molecule has 0 aromatic rings. The van der Waals surface area contributed by atoms with Gasteiger partial charge in [-0.05, 0) is 0 Å². The Morgan fingerprint density at radius 3 is 0.800 bits per heavy atom. The molecule has 0 radical (unpaired) electrons. The number of hydrogen-bond acceptors (Lipinski definition) is 4. The second-order valence-corrected chi connectivity index (χ2v) is 1.34. The molecule has 70 valence electrons. The average Bonchev–Trinajstić information content (AvgIpc) is 0.722. The summed E-state index contributed by atoms with van der Waals surface area (Å²) in [5.74, 6) is 0. The van der Waals surface area contributed by atoms with Crippen LogP contribution in [0.25, 0.3) is 0 Å². The van der Waals surface area contributed by atoms with Crippen molar-refractivity contribution in [1.82, 2.24) is 0 Å². The minimum absolute atomic E-state index is 0. The molecule has 0 unspecified atom stereocenters. The molecule has 0 bridgehead atoms. The number of rotatable bonds is 0. The van der Waals surface area contributed by atoms with Gasteiger partial charge < -0.3 is 41.2 Å². The predicted octanol–water partition coefficient (Wildman–Crippen LogP) is -6.13. The molecule has 0 aromatic heterocycles. The van der Waals surface area contributed by atoms with Crippen LogP contribution < -0.4 is 14.7 Å². The minimum Gasteiger partial charge on any atom is -0.822 e. The molecule has 10 heteroatoms. The summed E-state index contributed by atoms with van der Waals surface area (Å²) in [5, 5.41) is 0. The Kier molecular flexibility index (Phi) is 76.3. The van der Waals surface area contributed by atoms with Gasteiger partial charge in [-0.15, -0.1) is 0 Å². The van der Waals surface area contributed by atoms with E-state index in [9.17, 15) is 0 Å². The molecule has 0 aliphatic rings. The van der Waals surface area contributed by atoms with Gasteiger partial charge >= 0.3 is 17.1 Å². The van der Waals surface area contributed by atoms with Crippen molar-refractivity contribution in [1.29, 1.82) is 0 Å². The normalized spacial score (nSPS) is 5.90. The summed E-state index contributed by atoms with van der Waals surface area (Å²) < 4.78 is 8.55. The Morgan fingerprint density at radius 2 is 0.800 bits per heavy atom. The first kappa shape index (κ1) is 47.0. The molecule has 0 atom stereocenters. The van der Waals surface area contributed by atoms with Crippen LogP contribution >= 0.6 is 7.82 Å². The van der Waals surface area contributed by atoms with E-state index in [4.69, 9.17) is 19.2 Å². The molecule has 0 saturated heterocycles. The van der Waals surface area contributed by atoms with Crippen molar-refractivity contribution in [3.05, 3.63) is 0 Å². The summed E-state index contributed by atoms with van der Waals surface area (Å²) in [6.07, 6.45) is 0. The molecule has 10 heavy (non-hydrogen) atoms. The molecule has 0 rings (SSSR count). The Hall–Kier alpha value is 0.469. The summed E-state index contributed by atoms with van der Waals surface area (Å²) in [6.45, 7) is 0. The Labute approximate surface area is 66.8 Å². The summed E-state index contributed by atoms with van der Waals surface area (Å²) >= 11 is 0. The molecule has 8 N–H and O–H groups in total. The van der Waals surface area contributed by atoms with Gasteiger partial charge in [0.15, 0.2) is 0 Å². The van der Waals surface area contributed by atoms with Crippen LogP contribution in [-0.2, 0) is 21.6 Å². The van der Waals surface area contributed by atoms with E-state index in [0.29, 0.717) is 0 Å². The van der Waals surface area contributed by atoms with Crippen LogP contribution in [0.5, 0.6) is 0 Å². The van der Waals surface area contributed by atoms with Crippen molar-refractivity contribution >= 4 is 7.82 Å². The SMILES string of the molecule is O.O.O.O.O=P([O-])([O-])[O-].[Fe+2]. The van der Waals surface area contributed by atoms with E-state index in [0.717, 1.165) is 0 Å². The fourth-order valence-corrected chi connectivity index (χ4v) is 0. The summed E-state index contributed by atoms with van der Waals surface area (Å²) in [5.41, 5.74) is 0. The quantitative estimate of drug-likeness (QED) is 0.289. The van der Waals surface area contributed by atoms with Crippen molar-refractivity contribution in [3.8, 4) is 0 Å². The average molecular weight is 223 g/mol. The van der Waals surface area contributed by atoms with Gasteiger partial charge in [-0.1, -0.05) is 0 Å². The van der Waals surface area contributed by atoms with Crippen LogP contribution in [0.15, 0.2) is 0 Å². The van der Waals surface area contributed by atoms with Gasteiger partial charge in [-0.25, -0.2) is 0 Å². The first-order valence-electron chi connectivity index (χ1n) is 0.730.